The highest BCUT2D eigenvalue weighted by Gasteiger charge is 2.56. The minimum Gasteiger partial charge on any atom is -0.497 e. The molecular formula is C68H68N2O5. The van der Waals surface area contributed by atoms with Gasteiger partial charge in [0.2, 0.25) is 0 Å². The Hall–Kier alpha value is -7.77. The minimum absolute atomic E-state index is 0.325. The number of hydrogen-bond acceptors (Lipinski definition) is 7. The molecule has 3 aliphatic rings. The molecule has 0 radical (unpaired) electrons. The van der Waals surface area contributed by atoms with Gasteiger partial charge in [-0.1, -0.05) is 65.8 Å². The monoisotopic (exact) mass is 993 g/mol. The Balaban J connectivity index is 1.24. The zero-order valence-corrected chi connectivity index (χ0v) is 45.2. The van der Waals surface area contributed by atoms with E-state index in [0.717, 1.165) is 107 Å². The molecule has 0 fully saturated rings. The van der Waals surface area contributed by atoms with E-state index >= 15 is 0 Å². The van der Waals surface area contributed by atoms with Gasteiger partial charge in [0, 0.05) is 55.9 Å². The van der Waals surface area contributed by atoms with Gasteiger partial charge < -0.3 is 28.7 Å². The van der Waals surface area contributed by atoms with Crippen molar-refractivity contribution < 1.29 is 23.7 Å². The number of anilines is 6. The molecule has 0 unspecified atom stereocenters. The molecule has 7 nitrogen and oxygen atoms in total. The summed E-state index contributed by atoms with van der Waals surface area (Å²) < 4.78 is 22.6. The van der Waals surface area contributed by atoms with Crippen molar-refractivity contribution in [3.05, 3.63) is 191 Å². The van der Waals surface area contributed by atoms with Gasteiger partial charge in [-0.2, -0.15) is 0 Å². The van der Waals surface area contributed by atoms with E-state index in [-0.39, 0.29) is 16.2 Å². The molecule has 380 valence electrons. The molecule has 0 amide bonds. The molecule has 8 aromatic rings. The molecule has 0 spiro atoms. The average molecular weight is 993 g/mol. The lowest BCUT2D eigenvalue weighted by Gasteiger charge is -2.40. The number of hydrogen-bond donors (Lipinski definition) is 0. The van der Waals surface area contributed by atoms with E-state index in [0.29, 0.717) is 0 Å². The number of benzene rings is 8. The molecule has 8 aromatic carbocycles. The molecule has 11 rings (SSSR count). The number of aldehydes is 1. The third-order valence-electron chi connectivity index (χ3n) is 17.9. The smallest absolute Gasteiger partial charge is 0.150 e. The molecule has 0 bridgehead atoms. The first-order chi connectivity index (χ1) is 36.6. The molecule has 75 heavy (non-hydrogen) atoms. The van der Waals surface area contributed by atoms with Crippen LogP contribution in [0.25, 0.3) is 33.4 Å². The largest absolute Gasteiger partial charge is 0.497 e. The number of fused-ring (bicyclic) bond motifs is 12. The topological polar surface area (TPSA) is 60.5 Å². The lowest BCUT2D eigenvalue weighted by atomic mass is 9.63. The first kappa shape index (κ1) is 49.4. The van der Waals surface area contributed by atoms with Crippen molar-refractivity contribution in [1.29, 1.82) is 0 Å². The van der Waals surface area contributed by atoms with Crippen LogP contribution in [0.1, 0.15) is 124 Å². The summed E-state index contributed by atoms with van der Waals surface area (Å²) in [5, 5.41) is 0. The van der Waals surface area contributed by atoms with Crippen molar-refractivity contribution in [3.8, 4) is 56.4 Å². The molecule has 0 saturated heterocycles. The third kappa shape index (κ3) is 7.17. The minimum atomic E-state index is -0.341. The van der Waals surface area contributed by atoms with Crippen LogP contribution in [0, 0.1) is 0 Å². The molecule has 0 atom stereocenters. The fourth-order valence-electron chi connectivity index (χ4n) is 14.0. The van der Waals surface area contributed by atoms with Crippen LogP contribution in [0.2, 0.25) is 0 Å². The summed E-state index contributed by atoms with van der Waals surface area (Å²) in [6.07, 6.45) is 6.50. The van der Waals surface area contributed by atoms with Crippen LogP contribution in [-0.4, -0.2) is 34.7 Å². The second-order valence-electron chi connectivity index (χ2n) is 20.5. The van der Waals surface area contributed by atoms with Gasteiger partial charge in [-0.05, 0) is 233 Å². The highest BCUT2D eigenvalue weighted by atomic mass is 16.5. The van der Waals surface area contributed by atoms with Crippen LogP contribution in [0.3, 0.4) is 0 Å². The second kappa shape index (κ2) is 19.2. The molecule has 7 heteroatoms. The van der Waals surface area contributed by atoms with Gasteiger partial charge in [-0.15, -0.1) is 0 Å². The highest BCUT2D eigenvalue weighted by Crippen LogP contribution is 2.71. The number of rotatable bonds is 17. The SMILES string of the molecule is CCC1(CC)c2cc(N(c3ccc(OC)cc3)c3ccc(OC)cc3)ccc2-c2c3c(c4c(c21)-c1ccc(C=O)cc1C4(CC)CC)C(CC)(CC)c1cc(N(c2ccc(OC)cc2)c2ccc(OC)cc2)ccc1-3. The number of ether oxygens (including phenoxy) is 4. The van der Waals surface area contributed by atoms with E-state index in [1.165, 1.54) is 66.8 Å². The van der Waals surface area contributed by atoms with Crippen LogP contribution in [0.15, 0.2) is 152 Å². The van der Waals surface area contributed by atoms with Crippen molar-refractivity contribution in [2.45, 2.75) is 96.3 Å². The summed E-state index contributed by atoms with van der Waals surface area (Å²) in [6, 6.07) is 54.6. The first-order valence-corrected chi connectivity index (χ1v) is 26.9. The first-order valence-electron chi connectivity index (χ1n) is 26.9. The summed E-state index contributed by atoms with van der Waals surface area (Å²) in [5.74, 6) is 3.24. The lowest BCUT2D eigenvalue weighted by molar-refractivity contribution is 0.112. The molecule has 0 aliphatic heterocycles. The van der Waals surface area contributed by atoms with Gasteiger partial charge in [-0.25, -0.2) is 0 Å². The van der Waals surface area contributed by atoms with Gasteiger partial charge in [0.05, 0.1) is 28.4 Å². The number of methoxy groups -OCH3 is 4. The van der Waals surface area contributed by atoms with E-state index in [4.69, 9.17) is 18.9 Å². The van der Waals surface area contributed by atoms with Crippen LogP contribution < -0.4 is 28.7 Å². The Labute approximate surface area is 443 Å². The maximum absolute atomic E-state index is 12.8. The number of carbonyl (C=O) groups is 1. The predicted molar refractivity (Wildman–Crippen MR) is 308 cm³/mol. The van der Waals surface area contributed by atoms with Crippen molar-refractivity contribution in [2.24, 2.45) is 0 Å². The molecule has 0 saturated carbocycles. The molecule has 0 aromatic heterocycles. The molecule has 0 heterocycles. The summed E-state index contributed by atoms with van der Waals surface area (Å²) >= 11 is 0. The summed E-state index contributed by atoms with van der Waals surface area (Å²) in [7, 11) is 6.85. The summed E-state index contributed by atoms with van der Waals surface area (Å²) in [6.45, 7) is 14.3. The second-order valence-corrected chi connectivity index (χ2v) is 20.5. The fourth-order valence-corrected chi connectivity index (χ4v) is 14.0. The molecule has 3 aliphatic carbocycles. The standard InChI is InChI=1S/C68H68N2O5/c1-11-66(12-2)58-40-48(69(44-18-28-50(72-7)29-19-44)45-20-30-51(73-8)31-21-45)26-37-54(58)60-61-55-38-27-49(70(46-22-32-52(74-9)33-23-46)47-24-34-53(75-10)35-25-47)41-59(55)68(15-5,16-6)64(61)65-62(63(60)66)56-36-17-43(42-71)39-57(56)67(65,13-3)14-4/h17-42H,11-16H2,1-10H3. The van der Waals surface area contributed by atoms with Crippen molar-refractivity contribution in [2.75, 3.05) is 38.2 Å². The highest BCUT2D eigenvalue weighted by molar-refractivity contribution is 6.07. The van der Waals surface area contributed by atoms with Crippen molar-refractivity contribution in [3.63, 3.8) is 0 Å². The fraction of sp³-hybridized carbons (Fsp3) is 0.279. The Morgan fingerprint density at radius 2 is 0.627 bits per heavy atom. The normalized spacial score (nSPS) is 14.4. The molecular weight excluding hydrogens is 925 g/mol. The van der Waals surface area contributed by atoms with Crippen molar-refractivity contribution in [1.82, 2.24) is 0 Å². The van der Waals surface area contributed by atoms with Crippen LogP contribution in [0.4, 0.5) is 34.1 Å². The van der Waals surface area contributed by atoms with Gasteiger partial charge in [0.1, 0.15) is 29.3 Å². The number of carbonyl (C=O) groups excluding carboxylic acids is 1. The quantitative estimate of drug-likeness (QED) is 0.0842. The van der Waals surface area contributed by atoms with Crippen LogP contribution in [-0.2, 0) is 16.2 Å². The van der Waals surface area contributed by atoms with Gasteiger partial charge >= 0.3 is 0 Å². The van der Waals surface area contributed by atoms with Crippen molar-refractivity contribution >= 4 is 40.4 Å². The summed E-state index contributed by atoms with van der Waals surface area (Å²) in [4.78, 5) is 17.5. The Bertz CT molecular complexity index is 3360. The third-order valence-corrected chi connectivity index (χ3v) is 17.9. The van der Waals surface area contributed by atoms with E-state index in [2.05, 4.69) is 154 Å². The lowest BCUT2D eigenvalue weighted by Crippen LogP contribution is -2.32. The van der Waals surface area contributed by atoms with E-state index in [1.807, 2.05) is 48.5 Å². The summed E-state index contributed by atoms with van der Waals surface area (Å²) in [5.41, 5.74) is 22.4. The van der Waals surface area contributed by atoms with Gasteiger partial charge in [0.25, 0.3) is 0 Å². The maximum Gasteiger partial charge on any atom is 0.150 e. The van der Waals surface area contributed by atoms with Crippen LogP contribution >= 0.6 is 0 Å². The van der Waals surface area contributed by atoms with E-state index < -0.39 is 0 Å². The van der Waals surface area contributed by atoms with Gasteiger partial charge in [-0.3, -0.25) is 4.79 Å². The molecule has 0 N–H and O–H groups in total. The van der Waals surface area contributed by atoms with Gasteiger partial charge in [0.15, 0.2) is 0 Å². The Kier molecular flexibility index (Phi) is 12.6. The van der Waals surface area contributed by atoms with Crippen LogP contribution in [0.5, 0.6) is 23.0 Å². The number of nitrogens with zero attached hydrogens (tertiary/aromatic N) is 2. The van der Waals surface area contributed by atoms with E-state index in [1.54, 1.807) is 28.4 Å². The predicted octanol–water partition coefficient (Wildman–Crippen LogP) is 17.7. The average Bonchev–Trinajstić information content (AvgIpc) is 4.26. The maximum atomic E-state index is 12.8. The zero-order chi connectivity index (χ0) is 52.4. The Morgan fingerprint density at radius 1 is 0.347 bits per heavy atom. The zero-order valence-electron chi connectivity index (χ0n) is 45.2. The Morgan fingerprint density at radius 3 is 0.960 bits per heavy atom. The van der Waals surface area contributed by atoms with E-state index in [9.17, 15) is 4.79 Å².